The van der Waals surface area contributed by atoms with Crippen LogP contribution in [0.5, 0.6) is 0 Å². The summed E-state index contributed by atoms with van der Waals surface area (Å²) < 4.78 is 62.1. The van der Waals surface area contributed by atoms with Gasteiger partial charge in [-0.3, -0.25) is 0 Å². The van der Waals surface area contributed by atoms with E-state index in [1.54, 1.807) is 0 Å². The minimum absolute atomic E-state index is 0. The third-order valence-corrected chi connectivity index (χ3v) is 4.88. The lowest BCUT2D eigenvalue weighted by Gasteiger charge is -2.15. The summed E-state index contributed by atoms with van der Waals surface area (Å²) in [5.41, 5.74) is 3.69. The highest BCUT2D eigenvalue weighted by atomic mass is 35.5. The molecule has 0 radical (unpaired) electrons. The second-order valence-electron chi connectivity index (χ2n) is 4.62. The topological polar surface area (TPSA) is 60.2 Å². The fourth-order valence-electron chi connectivity index (χ4n) is 1.73. The van der Waals surface area contributed by atoms with E-state index in [1.165, 1.54) is 6.07 Å². The van der Waals surface area contributed by atoms with Crippen LogP contribution in [0.3, 0.4) is 0 Å². The van der Waals surface area contributed by atoms with Crippen LogP contribution in [0, 0.1) is 0 Å². The number of hydrogen-bond acceptors (Lipinski definition) is 3. The molecule has 0 unspecified atom stereocenters. The average molecular weight is 316 g/mol. The number of rotatable bonds is 3. The predicted molar refractivity (Wildman–Crippen MR) is 66.9 cm³/mol. The second-order valence-corrected chi connectivity index (χ2v) is 6.57. The highest BCUT2D eigenvalue weighted by molar-refractivity contribution is 7.91. The fraction of sp³-hybridized carbons (Fsp3) is 0.455. The average Bonchev–Trinajstić information content (AvgIpc) is 2.93. The summed E-state index contributed by atoms with van der Waals surface area (Å²) in [5, 5.41) is 0. The zero-order valence-corrected chi connectivity index (χ0v) is 11.4. The van der Waals surface area contributed by atoms with E-state index in [9.17, 15) is 21.6 Å². The number of alkyl halides is 3. The summed E-state index contributed by atoms with van der Waals surface area (Å²) in [6, 6.07) is 4.18. The van der Waals surface area contributed by atoms with Crippen LogP contribution in [0.25, 0.3) is 0 Å². The van der Waals surface area contributed by atoms with Crippen LogP contribution in [-0.4, -0.2) is 19.7 Å². The Morgan fingerprint density at radius 3 is 2.21 bits per heavy atom. The van der Waals surface area contributed by atoms with E-state index in [1.807, 2.05) is 0 Å². The van der Waals surface area contributed by atoms with Gasteiger partial charge in [-0.25, -0.2) is 8.42 Å². The van der Waals surface area contributed by atoms with Crippen LogP contribution in [0.1, 0.15) is 18.4 Å². The molecule has 0 saturated heterocycles. The number of nitrogens with two attached hydrogens (primary N) is 1. The van der Waals surface area contributed by atoms with Crippen molar-refractivity contribution in [1.29, 1.82) is 0 Å². The predicted octanol–water partition coefficient (Wildman–Crippen LogP) is 2.39. The van der Waals surface area contributed by atoms with Crippen LogP contribution in [0.15, 0.2) is 29.2 Å². The van der Waals surface area contributed by atoms with Crippen LogP contribution in [-0.2, 0) is 16.0 Å². The molecule has 1 fully saturated rings. The van der Waals surface area contributed by atoms with Crippen molar-refractivity contribution in [3.63, 3.8) is 0 Å². The van der Waals surface area contributed by atoms with Gasteiger partial charge in [-0.15, -0.1) is 12.4 Å². The highest BCUT2D eigenvalue weighted by Crippen LogP contribution is 2.38. The van der Waals surface area contributed by atoms with Gasteiger partial charge in [-0.1, -0.05) is 12.1 Å². The zero-order valence-electron chi connectivity index (χ0n) is 9.77. The molecule has 1 aliphatic rings. The summed E-state index contributed by atoms with van der Waals surface area (Å²) in [4.78, 5) is -0.686. The molecular weight excluding hydrogens is 303 g/mol. The minimum atomic E-state index is -4.69. The van der Waals surface area contributed by atoms with Crippen LogP contribution in [0.4, 0.5) is 13.2 Å². The lowest BCUT2D eigenvalue weighted by Crippen LogP contribution is -2.32. The smallest absolute Gasteiger partial charge is 0.324 e. The number of hydrogen-bond donors (Lipinski definition) is 1. The summed E-state index contributed by atoms with van der Waals surface area (Å²) in [6.45, 7) is 0. The van der Waals surface area contributed by atoms with Gasteiger partial charge in [0.1, 0.15) is 0 Å². The Labute approximate surface area is 115 Å². The molecule has 3 nitrogen and oxygen atoms in total. The maximum absolute atomic E-state index is 12.7. The minimum Gasteiger partial charge on any atom is -0.324 e. The molecule has 1 aliphatic carbocycles. The SMILES string of the molecule is Cl.NC1(CS(=O)(=O)c2ccccc2C(F)(F)F)CC1. The van der Waals surface area contributed by atoms with Gasteiger partial charge < -0.3 is 5.73 Å². The summed E-state index contributed by atoms with van der Waals surface area (Å²) in [7, 11) is -4.01. The van der Waals surface area contributed by atoms with E-state index in [0.717, 1.165) is 18.2 Å². The van der Waals surface area contributed by atoms with Crippen LogP contribution < -0.4 is 5.73 Å². The molecule has 1 saturated carbocycles. The molecule has 0 bridgehead atoms. The van der Waals surface area contributed by atoms with Crippen molar-refractivity contribution in [2.24, 2.45) is 5.73 Å². The molecule has 0 amide bonds. The molecular formula is C11H13ClF3NO2S. The fourth-order valence-corrected chi connectivity index (χ4v) is 3.74. The van der Waals surface area contributed by atoms with Gasteiger partial charge in [0.25, 0.3) is 0 Å². The normalized spacial score (nSPS) is 17.7. The third kappa shape index (κ3) is 3.61. The number of sulfone groups is 1. The standard InChI is InChI=1S/C11H12F3NO2S.ClH/c12-11(13,14)8-3-1-2-4-9(8)18(16,17)7-10(15)5-6-10;/h1-4H,5-7,15H2;1H. The molecule has 1 aromatic rings. The van der Waals surface area contributed by atoms with E-state index < -0.39 is 37.8 Å². The maximum Gasteiger partial charge on any atom is 0.417 e. The third-order valence-electron chi connectivity index (χ3n) is 2.90. The molecule has 0 spiro atoms. The second kappa shape index (κ2) is 4.96. The first kappa shape index (κ1) is 16.3. The molecule has 0 heterocycles. The summed E-state index contributed by atoms with van der Waals surface area (Å²) in [5.74, 6) is -0.437. The van der Waals surface area contributed by atoms with Crippen molar-refractivity contribution >= 4 is 22.2 Å². The van der Waals surface area contributed by atoms with E-state index >= 15 is 0 Å². The Morgan fingerprint density at radius 2 is 1.74 bits per heavy atom. The van der Waals surface area contributed by atoms with Crippen molar-refractivity contribution in [3.8, 4) is 0 Å². The van der Waals surface area contributed by atoms with Crippen LogP contribution >= 0.6 is 12.4 Å². The maximum atomic E-state index is 12.7. The highest BCUT2D eigenvalue weighted by Gasteiger charge is 2.45. The van der Waals surface area contributed by atoms with Crippen LogP contribution in [0.2, 0.25) is 0 Å². The molecule has 0 aliphatic heterocycles. The molecule has 2 rings (SSSR count). The first-order chi connectivity index (χ1) is 8.14. The Balaban J connectivity index is 0.00000180. The van der Waals surface area contributed by atoms with Gasteiger partial charge in [-0.2, -0.15) is 13.2 Å². The van der Waals surface area contributed by atoms with Crippen molar-refractivity contribution in [3.05, 3.63) is 29.8 Å². The van der Waals surface area contributed by atoms with Crippen molar-refractivity contribution in [2.45, 2.75) is 29.5 Å². The largest absolute Gasteiger partial charge is 0.417 e. The Hall–Kier alpha value is -0.790. The van der Waals surface area contributed by atoms with Gasteiger partial charge in [0.15, 0.2) is 9.84 Å². The van der Waals surface area contributed by atoms with Gasteiger partial charge >= 0.3 is 6.18 Å². The van der Waals surface area contributed by atoms with Crippen molar-refractivity contribution in [1.82, 2.24) is 0 Å². The first-order valence-corrected chi connectivity index (χ1v) is 6.97. The number of benzene rings is 1. The Bertz CT molecular complexity index is 568. The van der Waals surface area contributed by atoms with Gasteiger partial charge in [-0.05, 0) is 25.0 Å². The molecule has 19 heavy (non-hydrogen) atoms. The lowest BCUT2D eigenvalue weighted by atomic mass is 10.2. The molecule has 1 aromatic carbocycles. The van der Waals surface area contributed by atoms with E-state index in [0.29, 0.717) is 12.8 Å². The molecule has 2 N–H and O–H groups in total. The monoisotopic (exact) mass is 315 g/mol. The van der Waals surface area contributed by atoms with E-state index in [4.69, 9.17) is 5.73 Å². The lowest BCUT2D eigenvalue weighted by molar-refractivity contribution is -0.139. The Kier molecular flexibility index (Phi) is 4.24. The van der Waals surface area contributed by atoms with Gasteiger partial charge in [0.05, 0.1) is 16.2 Å². The van der Waals surface area contributed by atoms with Crippen molar-refractivity contribution in [2.75, 3.05) is 5.75 Å². The van der Waals surface area contributed by atoms with Crippen molar-refractivity contribution < 1.29 is 21.6 Å². The summed E-state index contributed by atoms with van der Waals surface area (Å²) >= 11 is 0. The van der Waals surface area contributed by atoms with Gasteiger partial charge in [0, 0.05) is 5.54 Å². The van der Waals surface area contributed by atoms with Gasteiger partial charge in [0.2, 0.25) is 0 Å². The Morgan fingerprint density at radius 1 is 1.21 bits per heavy atom. The zero-order chi connectivity index (χ0) is 13.6. The first-order valence-electron chi connectivity index (χ1n) is 5.32. The summed E-state index contributed by atoms with van der Waals surface area (Å²) in [6.07, 6.45) is -3.63. The quantitative estimate of drug-likeness (QED) is 0.931. The molecule has 0 aromatic heterocycles. The molecule has 8 heteroatoms. The van der Waals surface area contributed by atoms with E-state index in [-0.39, 0.29) is 12.4 Å². The van der Waals surface area contributed by atoms with E-state index in [2.05, 4.69) is 0 Å². The molecule has 108 valence electrons. The molecule has 0 atom stereocenters. The number of halogens is 4.